The van der Waals surface area contributed by atoms with Crippen LogP contribution in [0.25, 0.3) is 0 Å². The van der Waals surface area contributed by atoms with Gasteiger partial charge in [0.05, 0.1) is 28.8 Å². The lowest BCUT2D eigenvalue weighted by Gasteiger charge is -2.41. The molecule has 1 aliphatic carbocycles. The van der Waals surface area contributed by atoms with Crippen molar-refractivity contribution >= 4 is 27.5 Å². The zero-order valence-corrected chi connectivity index (χ0v) is 25.6. The van der Waals surface area contributed by atoms with E-state index in [9.17, 15) is 27.7 Å². The van der Waals surface area contributed by atoms with Crippen LogP contribution in [0.1, 0.15) is 82.7 Å². The second-order valence-electron chi connectivity index (χ2n) is 12.0. The maximum atomic E-state index is 14.6. The van der Waals surface area contributed by atoms with Gasteiger partial charge < -0.3 is 9.80 Å². The summed E-state index contributed by atoms with van der Waals surface area (Å²) in [6.45, 7) is 2.01. The average molecular weight is 616 g/mol. The molecule has 3 aliphatic rings. The highest BCUT2D eigenvalue weighted by molar-refractivity contribution is 7.89. The fourth-order valence-electron chi connectivity index (χ4n) is 6.42. The lowest BCUT2D eigenvalue weighted by Crippen LogP contribution is -2.59. The number of aromatic nitrogens is 1. The van der Waals surface area contributed by atoms with Gasteiger partial charge in [-0.2, -0.15) is 9.57 Å². The first kappa shape index (κ1) is 29.9. The Bertz CT molecular complexity index is 1780. The number of hydrogen-bond acceptors (Lipinski definition) is 6. The maximum Gasteiger partial charge on any atom is 0.254 e. The summed E-state index contributed by atoms with van der Waals surface area (Å²) < 4.78 is 42.9. The van der Waals surface area contributed by atoms with Crippen molar-refractivity contribution in [3.63, 3.8) is 0 Å². The molecule has 3 aromatic rings. The number of nitriles is 1. The number of benzene rings is 2. The molecular formula is C33H34FN5O4S. The summed E-state index contributed by atoms with van der Waals surface area (Å²) >= 11 is 0. The Morgan fingerprint density at radius 1 is 1.11 bits per heavy atom. The van der Waals surface area contributed by atoms with Gasteiger partial charge in [-0.3, -0.25) is 14.6 Å². The van der Waals surface area contributed by atoms with Gasteiger partial charge in [-0.25, -0.2) is 12.8 Å². The summed E-state index contributed by atoms with van der Waals surface area (Å²) in [6, 6.07) is 12.1. The van der Waals surface area contributed by atoms with Gasteiger partial charge in [0.1, 0.15) is 11.9 Å². The number of carbonyl (C=O) groups excluding carboxylic acids is 2. The van der Waals surface area contributed by atoms with Crippen molar-refractivity contribution in [2.45, 2.75) is 75.4 Å². The molecule has 1 saturated heterocycles. The fourth-order valence-corrected chi connectivity index (χ4v) is 8.08. The number of carbonyl (C=O) groups is 2. The number of amides is 2. The van der Waals surface area contributed by atoms with Crippen LogP contribution in [0, 0.1) is 24.1 Å². The quantitative estimate of drug-likeness (QED) is 0.368. The van der Waals surface area contributed by atoms with E-state index >= 15 is 0 Å². The molecule has 44 heavy (non-hydrogen) atoms. The van der Waals surface area contributed by atoms with Crippen molar-refractivity contribution in [1.82, 2.24) is 14.2 Å². The summed E-state index contributed by atoms with van der Waals surface area (Å²) in [7, 11) is -2.56. The molecule has 9 nitrogen and oxygen atoms in total. The van der Waals surface area contributed by atoms with Crippen molar-refractivity contribution in [3.8, 4) is 6.07 Å². The number of pyridine rings is 1. The Labute approximate surface area is 257 Å². The molecule has 1 aromatic heterocycles. The molecule has 0 bridgehead atoms. The standard InChI is InChI=1S/C33H34FN5O4S/c1-21-24(17-35)15-28(16-30(21)34)44(42,43)39-13-12-31(39)33(41)38(27-10-11-29-25(14-27)19-37(2)32(29)40)20-26-9-8-23(18-36-26)22-6-4-3-5-7-22/h8-11,14-16,18,22,31H,3-7,12-13,19-20H2,1-2H3/t31-/m1/s1. The summed E-state index contributed by atoms with van der Waals surface area (Å²) in [4.78, 5) is 34.2. The van der Waals surface area contributed by atoms with E-state index in [1.54, 1.807) is 30.1 Å². The van der Waals surface area contributed by atoms with E-state index in [0.717, 1.165) is 34.8 Å². The Morgan fingerprint density at radius 2 is 1.89 bits per heavy atom. The minimum absolute atomic E-state index is 0.0663. The largest absolute Gasteiger partial charge is 0.337 e. The third-order valence-corrected chi connectivity index (χ3v) is 11.1. The Morgan fingerprint density at radius 3 is 2.55 bits per heavy atom. The van der Waals surface area contributed by atoms with E-state index in [-0.39, 0.29) is 41.4 Å². The van der Waals surface area contributed by atoms with Gasteiger partial charge in [-0.15, -0.1) is 0 Å². The second kappa shape index (κ2) is 11.7. The molecule has 1 saturated carbocycles. The Hall–Kier alpha value is -4.14. The highest BCUT2D eigenvalue weighted by Gasteiger charge is 2.45. The molecule has 2 aliphatic heterocycles. The van der Waals surface area contributed by atoms with Gasteiger partial charge in [0.15, 0.2) is 0 Å². The number of hydrogen-bond donors (Lipinski definition) is 0. The molecule has 2 fully saturated rings. The van der Waals surface area contributed by atoms with Crippen LogP contribution < -0.4 is 4.90 Å². The molecule has 6 rings (SSSR count). The molecule has 2 aromatic carbocycles. The van der Waals surface area contributed by atoms with E-state index in [1.807, 2.05) is 18.3 Å². The highest BCUT2D eigenvalue weighted by Crippen LogP contribution is 2.35. The van der Waals surface area contributed by atoms with Gasteiger partial charge in [0, 0.05) is 43.1 Å². The third kappa shape index (κ3) is 5.37. The molecule has 0 N–H and O–H groups in total. The van der Waals surface area contributed by atoms with Gasteiger partial charge >= 0.3 is 0 Å². The Balaban J connectivity index is 1.31. The van der Waals surface area contributed by atoms with Crippen molar-refractivity contribution in [2.75, 3.05) is 18.5 Å². The number of fused-ring (bicyclic) bond motifs is 1. The molecule has 11 heteroatoms. The van der Waals surface area contributed by atoms with E-state index in [0.29, 0.717) is 29.4 Å². The van der Waals surface area contributed by atoms with Crippen molar-refractivity contribution < 1.29 is 22.4 Å². The van der Waals surface area contributed by atoms with E-state index in [2.05, 4.69) is 6.07 Å². The number of halogens is 1. The molecule has 0 unspecified atom stereocenters. The summed E-state index contributed by atoms with van der Waals surface area (Å²) in [6.07, 6.45) is 8.11. The minimum atomic E-state index is -4.27. The smallest absolute Gasteiger partial charge is 0.254 e. The average Bonchev–Trinajstić information content (AvgIpc) is 3.29. The van der Waals surface area contributed by atoms with Crippen LogP contribution in [-0.2, 0) is 27.9 Å². The first-order valence-corrected chi connectivity index (χ1v) is 16.4. The third-order valence-electron chi connectivity index (χ3n) is 9.20. The van der Waals surface area contributed by atoms with Crippen LogP contribution >= 0.6 is 0 Å². The van der Waals surface area contributed by atoms with Crippen LogP contribution in [0.4, 0.5) is 10.1 Å². The molecule has 1 atom stereocenters. The zero-order valence-electron chi connectivity index (χ0n) is 24.8. The van der Waals surface area contributed by atoms with E-state index in [1.165, 1.54) is 36.6 Å². The highest BCUT2D eigenvalue weighted by atomic mass is 32.2. The number of rotatable bonds is 7. The monoisotopic (exact) mass is 615 g/mol. The molecule has 3 heterocycles. The van der Waals surface area contributed by atoms with E-state index in [4.69, 9.17) is 4.98 Å². The summed E-state index contributed by atoms with van der Waals surface area (Å²) in [5, 5.41) is 9.40. The van der Waals surface area contributed by atoms with Crippen molar-refractivity contribution in [1.29, 1.82) is 5.26 Å². The molecule has 0 radical (unpaired) electrons. The predicted octanol–water partition coefficient (Wildman–Crippen LogP) is 5.03. The van der Waals surface area contributed by atoms with Crippen LogP contribution in [0.5, 0.6) is 0 Å². The van der Waals surface area contributed by atoms with Crippen molar-refractivity contribution in [2.24, 2.45) is 0 Å². The molecule has 0 spiro atoms. The van der Waals surface area contributed by atoms with Gasteiger partial charge in [-0.1, -0.05) is 25.3 Å². The molecular weight excluding hydrogens is 581 g/mol. The number of sulfonamides is 1. The van der Waals surface area contributed by atoms with Crippen LogP contribution in [0.3, 0.4) is 0 Å². The van der Waals surface area contributed by atoms with Gasteiger partial charge in [-0.05, 0) is 79.6 Å². The summed E-state index contributed by atoms with van der Waals surface area (Å²) in [5.74, 6) is -0.851. The second-order valence-corrected chi connectivity index (χ2v) is 13.8. The number of anilines is 1. The Kier molecular flexibility index (Phi) is 7.99. The van der Waals surface area contributed by atoms with Crippen LogP contribution in [0.2, 0.25) is 0 Å². The van der Waals surface area contributed by atoms with Crippen molar-refractivity contribution in [3.05, 3.63) is 88.0 Å². The lowest BCUT2D eigenvalue weighted by molar-refractivity contribution is -0.125. The zero-order chi connectivity index (χ0) is 31.2. The summed E-state index contributed by atoms with van der Waals surface area (Å²) in [5.41, 5.74) is 3.72. The SMILES string of the molecule is Cc1c(F)cc(S(=O)(=O)N2CC[C@@H]2C(=O)N(Cc2ccc(C3CCCCC3)cn2)c2ccc3c(c2)CN(C)C3=O)cc1C#N. The predicted molar refractivity (Wildman–Crippen MR) is 162 cm³/mol. The van der Waals surface area contributed by atoms with Crippen LogP contribution in [0.15, 0.2) is 53.6 Å². The van der Waals surface area contributed by atoms with Gasteiger partial charge in [0.25, 0.3) is 5.91 Å². The topological polar surface area (TPSA) is 115 Å². The fraction of sp³-hybridized carbons (Fsp3) is 0.394. The van der Waals surface area contributed by atoms with E-state index < -0.39 is 27.8 Å². The first-order valence-electron chi connectivity index (χ1n) is 14.9. The lowest BCUT2D eigenvalue weighted by atomic mass is 9.85. The first-order chi connectivity index (χ1) is 21.1. The molecule has 228 valence electrons. The van der Waals surface area contributed by atoms with Gasteiger partial charge in [0.2, 0.25) is 15.9 Å². The normalized spacial score (nSPS) is 18.9. The minimum Gasteiger partial charge on any atom is -0.337 e. The molecule has 2 amide bonds. The number of nitrogens with zero attached hydrogens (tertiary/aromatic N) is 5. The maximum absolute atomic E-state index is 14.6. The van der Waals surface area contributed by atoms with Crippen LogP contribution in [-0.4, -0.2) is 54.1 Å².